The summed E-state index contributed by atoms with van der Waals surface area (Å²) in [5.74, 6) is 1.19. The number of benzene rings is 2. The van der Waals surface area contributed by atoms with Crippen LogP contribution in [0.4, 0.5) is 0 Å². The van der Waals surface area contributed by atoms with E-state index in [0.29, 0.717) is 6.42 Å². The Morgan fingerprint density at radius 2 is 1.52 bits per heavy atom. The van der Waals surface area contributed by atoms with Crippen LogP contribution < -0.4 is 21.0 Å². The molecule has 2 aromatic carbocycles. The van der Waals surface area contributed by atoms with Crippen molar-refractivity contribution in [1.29, 1.82) is 0 Å². The van der Waals surface area contributed by atoms with E-state index >= 15 is 0 Å². The van der Waals surface area contributed by atoms with Gasteiger partial charge in [0.05, 0.1) is 0 Å². The highest BCUT2D eigenvalue weighted by Crippen LogP contribution is 2.43. The van der Waals surface area contributed by atoms with E-state index in [1.807, 2.05) is 106 Å². The number of allylic oxidation sites excluding steroid dienone is 3. The average Bonchev–Trinajstić information content (AvgIpc) is 2.91. The van der Waals surface area contributed by atoms with Gasteiger partial charge < -0.3 is 15.4 Å². The number of terminal acetylenes is 1. The van der Waals surface area contributed by atoms with E-state index in [1.165, 1.54) is 0 Å². The molecule has 40 heavy (non-hydrogen) atoms. The fourth-order valence-electron chi connectivity index (χ4n) is 5.10. The predicted octanol–water partition coefficient (Wildman–Crippen LogP) is 5.24. The molecule has 7 heteroatoms. The van der Waals surface area contributed by atoms with Crippen LogP contribution in [0.3, 0.4) is 0 Å². The van der Waals surface area contributed by atoms with Gasteiger partial charge in [0.25, 0.3) is 14.2 Å². The van der Waals surface area contributed by atoms with E-state index in [-0.39, 0.29) is 11.8 Å². The van der Waals surface area contributed by atoms with Gasteiger partial charge in [-0.3, -0.25) is 9.59 Å². The zero-order chi connectivity index (χ0) is 30.0. The maximum atomic E-state index is 12.9. The number of carbonyl (C=O) groups excluding carboxylic acids is 2. The van der Waals surface area contributed by atoms with Crippen LogP contribution in [0.25, 0.3) is 0 Å². The van der Waals surface area contributed by atoms with Gasteiger partial charge in [-0.2, -0.15) is 0 Å². The molecule has 5 nitrogen and oxygen atoms in total. The van der Waals surface area contributed by atoms with Gasteiger partial charge in [-0.25, -0.2) is 0 Å². The highest BCUT2D eigenvalue weighted by molar-refractivity contribution is 6.98. The van der Waals surface area contributed by atoms with Crippen molar-refractivity contribution in [1.82, 2.24) is 10.6 Å². The van der Waals surface area contributed by atoms with Crippen molar-refractivity contribution in [3.05, 3.63) is 84.0 Å². The quantitative estimate of drug-likeness (QED) is 0.238. The highest BCUT2D eigenvalue weighted by Gasteiger charge is 2.50. The molecular formula is C33H43ClN2O3Si. The first-order chi connectivity index (χ1) is 18.7. The van der Waals surface area contributed by atoms with Gasteiger partial charge >= 0.3 is 0 Å². The molecule has 0 unspecified atom stereocenters. The molecule has 0 aliphatic rings. The molecule has 2 aromatic rings. The van der Waals surface area contributed by atoms with Gasteiger partial charge in [-0.1, -0.05) is 119 Å². The predicted molar refractivity (Wildman–Crippen MR) is 169 cm³/mol. The van der Waals surface area contributed by atoms with Gasteiger partial charge in [0.1, 0.15) is 6.04 Å². The molecule has 0 saturated carbocycles. The Balaban J connectivity index is 2.29. The molecule has 0 aromatic heterocycles. The molecule has 2 amide bonds. The second-order valence-electron chi connectivity index (χ2n) is 12.0. The number of nitrogens with one attached hydrogen (secondary N) is 2. The van der Waals surface area contributed by atoms with Gasteiger partial charge in [-0.15, -0.1) is 6.42 Å². The highest BCUT2D eigenvalue weighted by atomic mass is 35.5. The normalized spacial score (nSPS) is 14.3. The molecule has 0 radical (unpaired) electrons. The molecule has 0 bridgehead atoms. The maximum Gasteiger partial charge on any atom is 0.296 e. The van der Waals surface area contributed by atoms with Crippen LogP contribution in [0.15, 0.2) is 84.0 Å². The Morgan fingerprint density at radius 1 is 1.00 bits per heavy atom. The Bertz CT molecular complexity index is 1180. The zero-order valence-electron chi connectivity index (χ0n) is 24.5. The minimum Gasteiger partial charge on any atom is -0.424 e. The summed E-state index contributed by atoms with van der Waals surface area (Å²) in [6.07, 6.45) is 12.9. The fraction of sp³-hybridized carbons (Fsp3) is 0.394. The topological polar surface area (TPSA) is 78.4 Å². The number of hydrogen-bond donors (Lipinski definition) is 3. The molecule has 0 saturated heterocycles. The molecule has 0 spiro atoms. The van der Waals surface area contributed by atoms with Crippen molar-refractivity contribution in [3.8, 4) is 12.3 Å². The van der Waals surface area contributed by atoms with E-state index in [1.54, 1.807) is 6.20 Å². The van der Waals surface area contributed by atoms with E-state index in [0.717, 1.165) is 28.2 Å². The van der Waals surface area contributed by atoms with Crippen molar-refractivity contribution < 1.29 is 14.4 Å². The Labute approximate surface area is 246 Å². The van der Waals surface area contributed by atoms with Crippen LogP contribution in [-0.4, -0.2) is 31.0 Å². The van der Waals surface area contributed by atoms with Gasteiger partial charge in [-0.05, 0) is 65.1 Å². The maximum absolute atomic E-state index is 12.9. The molecule has 0 aliphatic heterocycles. The van der Waals surface area contributed by atoms with E-state index in [9.17, 15) is 14.4 Å². The summed E-state index contributed by atoms with van der Waals surface area (Å²) in [5, 5.41) is 7.63. The lowest BCUT2D eigenvalue weighted by atomic mass is 9.86. The third-order valence-electron chi connectivity index (χ3n) is 7.24. The third kappa shape index (κ3) is 8.95. The van der Waals surface area contributed by atoms with Crippen molar-refractivity contribution in [3.63, 3.8) is 0 Å². The molecule has 2 atom stereocenters. The lowest BCUT2D eigenvalue weighted by molar-refractivity contribution is -0.128. The summed E-state index contributed by atoms with van der Waals surface area (Å²) >= 11 is 6.21. The first kappa shape index (κ1) is 33.1. The molecule has 0 fully saturated rings. The second kappa shape index (κ2) is 14.5. The van der Waals surface area contributed by atoms with Gasteiger partial charge in [0.2, 0.25) is 5.91 Å². The van der Waals surface area contributed by atoms with Crippen LogP contribution in [0, 0.1) is 23.7 Å². The number of carbonyl (C=O) groups is 2. The SMILES string of the molecule is C#CC(=O)N[C@H](C(=O)N/C=C\C[C@H](C/C=C(\C)Cl)CC(C)(C)[Si](O)(c1ccccc1)c1ccccc1)C(C)(C)C. The molecule has 0 aliphatic carbocycles. The van der Waals surface area contributed by atoms with Gasteiger partial charge in [0, 0.05) is 5.03 Å². The molecular weight excluding hydrogens is 536 g/mol. The fourth-order valence-corrected chi connectivity index (χ4v) is 9.02. The molecule has 2 rings (SSSR count). The lowest BCUT2D eigenvalue weighted by Crippen LogP contribution is -2.65. The van der Waals surface area contributed by atoms with Crippen LogP contribution in [0.5, 0.6) is 0 Å². The standard InChI is InChI=1S/C33H43ClN2O3Si/c1-8-29(37)36-30(32(3,4)5)31(38)35-23-15-16-26(22-21-25(2)34)24-33(6,7)40(39,27-17-11-9-12-18-27)28-19-13-10-14-20-28/h1,9-15,17-21,23,26,30,39H,16,22,24H2,2-7H3,(H,35,38)(H,36,37)/b23-15-,25-21+/t26-,30-/m1/s1. The van der Waals surface area contributed by atoms with Crippen molar-refractivity contribution >= 4 is 42.1 Å². The van der Waals surface area contributed by atoms with E-state index < -0.39 is 30.7 Å². The summed E-state index contributed by atoms with van der Waals surface area (Å²) in [6, 6.07) is 19.2. The number of hydrogen-bond acceptors (Lipinski definition) is 3. The van der Waals surface area contributed by atoms with Crippen LogP contribution in [0.1, 0.15) is 60.8 Å². The van der Waals surface area contributed by atoms with Crippen LogP contribution >= 0.6 is 11.6 Å². The summed E-state index contributed by atoms with van der Waals surface area (Å²) < 4.78 is 0. The molecule has 3 N–H and O–H groups in total. The summed E-state index contributed by atoms with van der Waals surface area (Å²) in [4.78, 5) is 37.2. The number of rotatable bonds is 12. The molecule has 0 heterocycles. The summed E-state index contributed by atoms with van der Waals surface area (Å²) in [5.41, 5.74) is -0.524. The Kier molecular flexibility index (Phi) is 12.0. The second-order valence-corrected chi connectivity index (χ2v) is 16.5. The van der Waals surface area contributed by atoms with Crippen molar-refractivity contribution in [2.75, 3.05) is 0 Å². The van der Waals surface area contributed by atoms with E-state index in [4.69, 9.17) is 18.0 Å². The van der Waals surface area contributed by atoms with Gasteiger partial charge in [0.15, 0.2) is 0 Å². The first-order valence-electron chi connectivity index (χ1n) is 13.6. The number of amides is 2. The average molecular weight is 579 g/mol. The minimum atomic E-state index is -3.17. The smallest absolute Gasteiger partial charge is 0.296 e. The Morgan fingerprint density at radius 3 is 1.98 bits per heavy atom. The van der Waals surface area contributed by atoms with Crippen LogP contribution in [0.2, 0.25) is 5.04 Å². The first-order valence-corrected chi connectivity index (χ1v) is 15.9. The minimum absolute atomic E-state index is 0.155. The van der Waals surface area contributed by atoms with Crippen LogP contribution in [-0.2, 0) is 9.59 Å². The van der Waals surface area contributed by atoms with Crippen molar-refractivity contribution in [2.24, 2.45) is 11.3 Å². The monoisotopic (exact) mass is 578 g/mol. The summed E-state index contributed by atoms with van der Waals surface area (Å²) in [7, 11) is -3.17. The summed E-state index contributed by atoms with van der Waals surface area (Å²) in [6.45, 7) is 11.7. The van der Waals surface area contributed by atoms with Crippen molar-refractivity contribution in [2.45, 2.75) is 71.9 Å². The Hall–Kier alpha value is -3.11. The third-order valence-corrected chi connectivity index (χ3v) is 11.9. The zero-order valence-corrected chi connectivity index (χ0v) is 26.3. The largest absolute Gasteiger partial charge is 0.424 e. The van der Waals surface area contributed by atoms with E-state index in [2.05, 4.69) is 24.5 Å². The molecule has 214 valence electrons. The number of halogens is 1. The lowest BCUT2D eigenvalue weighted by Gasteiger charge is -2.43.